The Morgan fingerprint density at radius 2 is 2.24 bits per heavy atom. The molecule has 0 aliphatic rings. The van der Waals surface area contributed by atoms with Crippen molar-refractivity contribution in [2.24, 2.45) is 5.73 Å². The fourth-order valence-corrected chi connectivity index (χ4v) is 1.63. The van der Waals surface area contributed by atoms with E-state index >= 15 is 0 Å². The van der Waals surface area contributed by atoms with Gasteiger partial charge < -0.3 is 10.6 Å². The maximum atomic E-state index is 10.8. The minimum absolute atomic E-state index is 0.556. The number of hydrogen-bond acceptors (Lipinski definition) is 4. The third-order valence-electron chi connectivity index (χ3n) is 2.33. The molecule has 6 nitrogen and oxygen atoms in total. The van der Waals surface area contributed by atoms with Gasteiger partial charge in [0.25, 0.3) is 0 Å². The highest BCUT2D eigenvalue weighted by Crippen LogP contribution is 2.21. The zero-order valence-corrected chi connectivity index (χ0v) is 9.54. The van der Waals surface area contributed by atoms with Crippen molar-refractivity contribution >= 4 is 6.09 Å². The molecule has 0 saturated carbocycles. The first kappa shape index (κ1) is 11.1. The third kappa shape index (κ3) is 2.10. The molecule has 88 valence electrons. The lowest BCUT2D eigenvalue weighted by atomic mass is 10.2. The summed E-state index contributed by atoms with van der Waals surface area (Å²) in [6.07, 6.45) is 2.51. The zero-order chi connectivity index (χ0) is 12.4. The summed E-state index contributed by atoms with van der Waals surface area (Å²) in [5.74, 6) is 0.556. The van der Waals surface area contributed by atoms with Crippen LogP contribution in [0, 0.1) is 13.8 Å². The van der Waals surface area contributed by atoms with E-state index in [9.17, 15) is 4.79 Å². The van der Waals surface area contributed by atoms with E-state index in [-0.39, 0.29) is 0 Å². The van der Waals surface area contributed by atoms with Gasteiger partial charge in [-0.25, -0.2) is 9.78 Å². The average Bonchev–Trinajstić information content (AvgIpc) is 2.58. The topological polar surface area (TPSA) is 83.0 Å². The summed E-state index contributed by atoms with van der Waals surface area (Å²) in [5, 5.41) is 0. The maximum absolute atomic E-state index is 10.8. The summed E-state index contributed by atoms with van der Waals surface area (Å²) in [4.78, 5) is 24.0. The average molecular weight is 232 g/mol. The number of carbonyl (C=O) groups is 1. The highest BCUT2D eigenvalue weighted by Gasteiger charge is 2.15. The fraction of sp³-hybridized carbons (Fsp3) is 0.182. The van der Waals surface area contributed by atoms with E-state index in [0.29, 0.717) is 11.5 Å². The van der Waals surface area contributed by atoms with E-state index < -0.39 is 6.09 Å². The number of amides is 1. The minimum Gasteiger partial charge on any atom is -0.333 e. The first-order chi connectivity index (χ1) is 8.09. The molecule has 0 aliphatic carbocycles. The second kappa shape index (κ2) is 4.25. The number of aryl methyl sites for hydroxylation is 1. The number of imidazole rings is 1. The van der Waals surface area contributed by atoms with Crippen LogP contribution in [0.1, 0.15) is 11.5 Å². The SMILES string of the molecule is Cc1nc(-c2cccnc2)c(C)n1OC(N)=O. The van der Waals surface area contributed by atoms with Gasteiger partial charge in [0.05, 0.1) is 11.4 Å². The van der Waals surface area contributed by atoms with E-state index in [1.54, 1.807) is 26.2 Å². The summed E-state index contributed by atoms with van der Waals surface area (Å²) >= 11 is 0. The number of aromatic nitrogens is 3. The summed E-state index contributed by atoms with van der Waals surface area (Å²) in [7, 11) is 0. The highest BCUT2D eigenvalue weighted by molar-refractivity contribution is 5.66. The lowest BCUT2D eigenvalue weighted by Crippen LogP contribution is -2.27. The van der Waals surface area contributed by atoms with E-state index in [4.69, 9.17) is 10.6 Å². The van der Waals surface area contributed by atoms with Crippen molar-refractivity contribution in [3.8, 4) is 11.3 Å². The molecule has 0 saturated heterocycles. The van der Waals surface area contributed by atoms with Gasteiger partial charge in [0, 0.05) is 18.0 Å². The first-order valence-electron chi connectivity index (χ1n) is 5.03. The molecule has 0 spiro atoms. The first-order valence-corrected chi connectivity index (χ1v) is 5.03. The van der Waals surface area contributed by atoms with Crippen LogP contribution in [0.25, 0.3) is 11.3 Å². The van der Waals surface area contributed by atoms with Crippen molar-refractivity contribution in [3.63, 3.8) is 0 Å². The van der Waals surface area contributed by atoms with Crippen molar-refractivity contribution in [1.29, 1.82) is 0 Å². The molecular weight excluding hydrogens is 220 g/mol. The summed E-state index contributed by atoms with van der Waals surface area (Å²) in [5.41, 5.74) is 7.27. The number of carbonyl (C=O) groups excluding carboxylic acids is 1. The molecule has 2 aromatic heterocycles. The van der Waals surface area contributed by atoms with Gasteiger partial charge in [0.1, 0.15) is 5.82 Å². The van der Waals surface area contributed by atoms with Crippen LogP contribution in [0.2, 0.25) is 0 Å². The van der Waals surface area contributed by atoms with Crippen LogP contribution in [0.4, 0.5) is 4.79 Å². The molecule has 0 aromatic carbocycles. The third-order valence-corrected chi connectivity index (χ3v) is 2.33. The quantitative estimate of drug-likeness (QED) is 0.839. The second-order valence-electron chi connectivity index (χ2n) is 3.54. The molecule has 0 radical (unpaired) electrons. The van der Waals surface area contributed by atoms with Crippen LogP contribution in [0.5, 0.6) is 0 Å². The number of hydrogen-bond donors (Lipinski definition) is 1. The molecule has 2 rings (SSSR count). The molecule has 0 unspecified atom stereocenters. The Morgan fingerprint density at radius 3 is 2.82 bits per heavy atom. The zero-order valence-electron chi connectivity index (χ0n) is 9.54. The molecule has 6 heteroatoms. The van der Waals surface area contributed by atoms with Crippen molar-refractivity contribution in [3.05, 3.63) is 36.0 Å². The molecule has 0 atom stereocenters. The molecule has 2 N–H and O–H groups in total. The van der Waals surface area contributed by atoms with E-state index in [1.807, 2.05) is 12.1 Å². The van der Waals surface area contributed by atoms with Crippen LogP contribution >= 0.6 is 0 Å². The molecule has 0 aliphatic heterocycles. The molecule has 2 heterocycles. The molecule has 2 aromatic rings. The molecule has 0 fully saturated rings. The van der Waals surface area contributed by atoms with Gasteiger partial charge in [-0.2, -0.15) is 4.73 Å². The van der Waals surface area contributed by atoms with Crippen molar-refractivity contribution in [1.82, 2.24) is 14.7 Å². The largest absolute Gasteiger partial charge is 0.429 e. The smallest absolute Gasteiger partial charge is 0.333 e. The minimum atomic E-state index is -0.869. The normalized spacial score (nSPS) is 10.2. The predicted molar refractivity (Wildman–Crippen MR) is 61.1 cm³/mol. The van der Waals surface area contributed by atoms with E-state index in [1.165, 1.54) is 4.73 Å². The Balaban J connectivity index is 2.48. The fourth-order valence-electron chi connectivity index (χ4n) is 1.63. The van der Waals surface area contributed by atoms with Gasteiger partial charge >= 0.3 is 6.09 Å². The molecule has 1 amide bonds. The maximum Gasteiger partial charge on any atom is 0.429 e. The molecular formula is C11H12N4O2. The van der Waals surface area contributed by atoms with E-state index in [0.717, 1.165) is 11.3 Å². The van der Waals surface area contributed by atoms with Crippen molar-refractivity contribution in [2.45, 2.75) is 13.8 Å². The number of nitrogens with zero attached hydrogens (tertiary/aromatic N) is 3. The number of rotatable bonds is 2. The number of nitrogens with two attached hydrogens (primary N) is 1. The van der Waals surface area contributed by atoms with Gasteiger partial charge in [0.2, 0.25) is 0 Å². The highest BCUT2D eigenvalue weighted by atomic mass is 16.7. The summed E-state index contributed by atoms with van der Waals surface area (Å²) in [6, 6.07) is 3.70. The predicted octanol–water partition coefficient (Wildman–Crippen LogP) is 1.07. The Kier molecular flexibility index (Phi) is 2.78. The number of primary amides is 1. The molecule has 17 heavy (non-hydrogen) atoms. The standard InChI is InChI=1S/C11H12N4O2/c1-7-10(9-4-3-5-13-6-9)14-8(2)15(7)17-11(12)16/h3-6H,1-2H3,(H2,12,16). The van der Waals surface area contributed by atoms with Gasteiger partial charge in [-0.1, -0.05) is 0 Å². The summed E-state index contributed by atoms with van der Waals surface area (Å²) in [6.45, 7) is 3.53. The van der Waals surface area contributed by atoms with Gasteiger partial charge in [-0.05, 0) is 26.0 Å². The van der Waals surface area contributed by atoms with Crippen molar-refractivity contribution in [2.75, 3.05) is 0 Å². The lowest BCUT2D eigenvalue weighted by Gasteiger charge is -2.05. The second-order valence-corrected chi connectivity index (χ2v) is 3.54. The van der Waals surface area contributed by atoms with Gasteiger partial charge in [-0.3, -0.25) is 4.98 Å². The van der Waals surface area contributed by atoms with Crippen molar-refractivity contribution < 1.29 is 9.63 Å². The van der Waals surface area contributed by atoms with Crippen LogP contribution < -0.4 is 10.6 Å². The Bertz CT molecular complexity index is 548. The Hall–Kier alpha value is -2.37. The van der Waals surface area contributed by atoms with Gasteiger partial charge in [0.15, 0.2) is 0 Å². The van der Waals surface area contributed by atoms with E-state index in [2.05, 4.69) is 9.97 Å². The Labute approximate surface area is 98.0 Å². The molecule has 0 bridgehead atoms. The van der Waals surface area contributed by atoms with Crippen LogP contribution in [0.3, 0.4) is 0 Å². The lowest BCUT2D eigenvalue weighted by molar-refractivity contribution is 0.137. The van der Waals surface area contributed by atoms with Gasteiger partial charge in [-0.15, -0.1) is 0 Å². The summed E-state index contributed by atoms with van der Waals surface area (Å²) < 4.78 is 1.31. The van der Waals surface area contributed by atoms with Crippen LogP contribution in [0.15, 0.2) is 24.5 Å². The Morgan fingerprint density at radius 1 is 1.47 bits per heavy atom. The number of pyridine rings is 1. The van der Waals surface area contributed by atoms with Crippen LogP contribution in [-0.4, -0.2) is 20.8 Å². The van der Waals surface area contributed by atoms with Crippen LogP contribution in [-0.2, 0) is 0 Å². The monoisotopic (exact) mass is 232 g/mol.